The zero-order valence-corrected chi connectivity index (χ0v) is 22.4. The monoisotopic (exact) mass is 546 g/mol. The molecule has 9 nitrogen and oxygen atoms in total. The predicted molar refractivity (Wildman–Crippen MR) is 151 cm³/mol. The summed E-state index contributed by atoms with van der Waals surface area (Å²) >= 11 is 0. The van der Waals surface area contributed by atoms with E-state index in [1.807, 2.05) is 37.3 Å². The molecule has 1 unspecified atom stereocenters. The van der Waals surface area contributed by atoms with Gasteiger partial charge in [-0.3, -0.25) is 14.2 Å². The van der Waals surface area contributed by atoms with E-state index in [0.717, 1.165) is 29.7 Å². The molecular formula is C29H30N4O5S. The van der Waals surface area contributed by atoms with Crippen LogP contribution < -0.4 is 14.9 Å². The van der Waals surface area contributed by atoms with Crippen molar-refractivity contribution in [2.75, 3.05) is 36.5 Å². The van der Waals surface area contributed by atoms with Crippen LogP contribution in [0.1, 0.15) is 11.1 Å². The van der Waals surface area contributed by atoms with Crippen molar-refractivity contribution in [2.45, 2.75) is 24.3 Å². The molecule has 1 atom stereocenters. The SMILES string of the molecule is Cc1ccc(S(=O)(=O)NC(Cc2cn(C=O)c3ccccc23)C(=O)Nc2ccc(N3CCOCC3)cc2)cc1. The molecule has 0 spiro atoms. The standard InChI is InChI=1S/C29H30N4O5S/c1-21-6-12-25(13-7-21)39(36,37)31-27(18-22-19-33(20-34)28-5-3-2-4-26(22)28)29(35)30-23-8-10-24(11-9-23)32-14-16-38-17-15-32/h2-13,19-20,27,31H,14-18H2,1H3,(H,30,35). The lowest BCUT2D eigenvalue weighted by Crippen LogP contribution is -2.45. The number of hydrogen-bond acceptors (Lipinski definition) is 6. The van der Waals surface area contributed by atoms with Crippen LogP contribution in [0.4, 0.5) is 11.4 Å². The molecule has 1 aliphatic heterocycles. The number of rotatable bonds is 9. The van der Waals surface area contributed by atoms with Crippen molar-refractivity contribution < 1.29 is 22.7 Å². The van der Waals surface area contributed by atoms with E-state index in [9.17, 15) is 18.0 Å². The fraction of sp³-hybridized carbons (Fsp3) is 0.241. The number of aromatic nitrogens is 1. The van der Waals surface area contributed by atoms with Gasteiger partial charge in [0.15, 0.2) is 0 Å². The smallest absolute Gasteiger partial charge is 0.242 e. The molecule has 2 N–H and O–H groups in total. The minimum Gasteiger partial charge on any atom is -0.378 e. The predicted octanol–water partition coefficient (Wildman–Crippen LogP) is 3.35. The lowest BCUT2D eigenvalue weighted by Gasteiger charge is -2.29. The fourth-order valence-corrected chi connectivity index (χ4v) is 5.91. The highest BCUT2D eigenvalue weighted by molar-refractivity contribution is 7.89. The molecule has 202 valence electrons. The summed E-state index contributed by atoms with van der Waals surface area (Å²) in [5.74, 6) is -0.507. The van der Waals surface area contributed by atoms with Crippen LogP contribution in [0.25, 0.3) is 10.9 Å². The van der Waals surface area contributed by atoms with Crippen LogP contribution >= 0.6 is 0 Å². The fourth-order valence-electron chi connectivity index (χ4n) is 4.71. The van der Waals surface area contributed by atoms with Crippen molar-refractivity contribution in [3.63, 3.8) is 0 Å². The van der Waals surface area contributed by atoms with Gasteiger partial charge < -0.3 is 15.0 Å². The van der Waals surface area contributed by atoms with Crippen molar-refractivity contribution in [3.8, 4) is 0 Å². The zero-order chi connectivity index (χ0) is 27.4. The second kappa shape index (κ2) is 11.4. The third kappa shape index (κ3) is 6.03. The quantitative estimate of drug-likeness (QED) is 0.312. The lowest BCUT2D eigenvalue weighted by molar-refractivity contribution is -0.117. The highest BCUT2D eigenvalue weighted by Crippen LogP contribution is 2.24. The molecular weight excluding hydrogens is 516 g/mol. The Hall–Kier alpha value is -3.99. The summed E-state index contributed by atoms with van der Waals surface area (Å²) in [6.07, 6.45) is 2.37. The minimum atomic E-state index is -4.01. The number of aryl methyl sites for hydroxylation is 1. The molecule has 1 amide bonds. The van der Waals surface area contributed by atoms with Crippen molar-refractivity contribution in [3.05, 3.63) is 90.1 Å². The van der Waals surface area contributed by atoms with E-state index in [1.165, 1.54) is 16.7 Å². The number of sulfonamides is 1. The Kier molecular flexibility index (Phi) is 7.78. The van der Waals surface area contributed by atoms with Crippen LogP contribution in [0, 0.1) is 6.92 Å². The maximum Gasteiger partial charge on any atom is 0.242 e. The number of amides is 1. The second-order valence-electron chi connectivity index (χ2n) is 9.51. The molecule has 0 saturated carbocycles. The molecule has 1 saturated heterocycles. The highest BCUT2D eigenvalue weighted by atomic mass is 32.2. The number of benzene rings is 3. The van der Waals surface area contributed by atoms with Crippen molar-refractivity contribution in [2.24, 2.45) is 0 Å². The van der Waals surface area contributed by atoms with E-state index >= 15 is 0 Å². The molecule has 0 aliphatic carbocycles. The number of nitrogens with one attached hydrogen (secondary N) is 2. The first-order chi connectivity index (χ1) is 18.8. The molecule has 1 aromatic heterocycles. The third-order valence-electron chi connectivity index (χ3n) is 6.82. The average Bonchev–Trinajstić information content (AvgIpc) is 3.31. The Bertz CT molecular complexity index is 1570. The van der Waals surface area contributed by atoms with Crippen molar-refractivity contribution >= 4 is 44.6 Å². The molecule has 0 radical (unpaired) electrons. The molecule has 10 heteroatoms. The zero-order valence-electron chi connectivity index (χ0n) is 21.5. The number of hydrogen-bond donors (Lipinski definition) is 2. The third-order valence-corrected chi connectivity index (χ3v) is 8.30. The number of carbonyl (C=O) groups excluding carboxylic acids is 2. The topological polar surface area (TPSA) is 110 Å². The second-order valence-corrected chi connectivity index (χ2v) is 11.2. The van der Waals surface area contributed by atoms with Gasteiger partial charge in [0.05, 0.1) is 23.6 Å². The number of nitrogens with zero attached hydrogens (tertiary/aromatic N) is 2. The lowest BCUT2D eigenvalue weighted by atomic mass is 10.0. The first-order valence-electron chi connectivity index (χ1n) is 12.7. The van der Waals surface area contributed by atoms with Gasteiger partial charge in [-0.1, -0.05) is 35.9 Å². The Morgan fingerprint density at radius 1 is 1.00 bits per heavy atom. The van der Waals surface area contributed by atoms with Crippen molar-refractivity contribution in [1.82, 2.24) is 9.29 Å². The van der Waals surface area contributed by atoms with Crippen LogP contribution in [-0.4, -0.2) is 57.6 Å². The summed E-state index contributed by atoms with van der Waals surface area (Å²) in [5.41, 5.74) is 3.85. The van der Waals surface area contributed by atoms with Gasteiger partial charge in [0, 0.05) is 36.0 Å². The molecule has 2 heterocycles. The van der Waals surface area contributed by atoms with Crippen LogP contribution in [0.5, 0.6) is 0 Å². The molecule has 0 bridgehead atoms. The van der Waals surface area contributed by atoms with E-state index in [4.69, 9.17) is 4.74 Å². The van der Waals surface area contributed by atoms with E-state index in [1.54, 1.807) is 36.5 Å². The summed E-state index contributed by atoms with van der Waals surface area (Å²) in [5, 5.41) is 3.63. The highest BCUT2D eigenvalue weighted by Gasteiger charge is 2.27. The minimum absolute atomic E-state index is 0.0458. The molecule has 5 rings (SSSR count). The number of para-hydroxylation sites is 1. The van der Waals surface area contributed by atoms with Crippen LogP contribution in [0.15, 0.2) is 83.9 Å². The summed E-state index contributed by atoms with van der Waals surface area (Å²) in [4.78, 5) is 27.4. The van der Waals surface area contributed by atoms with E-state index in [2.05, 4.69) is 14.9 Å². The summed E-state index contributed by atoms with van der Waals surface area (Å²) in [7, 11) is -4.01. The Morgan fingerprint density at radius 3 is 2.38 bits per heavy atom. The molecule has 4 aromatic rings. The van der Waals surface area contributed by atoms with Gasteiger partial charge in [-0.2, -0.15) is 4.72 Å². The average molecular weight is 547 g/mol. The van der Waals surface area contributed by atoms with E-state index in [-0.39, 0.29) is 11.3 Å². The Labute approximate surface area is 227 Å². The summed E-state index contributed by atoms with van der Waals surface area (Å²) in [6, 6.07) is 20.0. The van der Waals surface area contributed by atoms with E-state index < -0.39 is 22.0 Å². The van der Waals surface area contributed by atoms with E-state index in [0.29, 0.717) is 36.4 Å². The van der Waals surface area contributed by atoms with Gasteiger partial charge in [0.25, 0.3) is 0 Å². The van der Waals surface area contributed by atoms with Crippen LogP contribution in [0.2, 0.25) is 0 Å². The molecule has 39 heavy (non-hydrogen) atoms. The Balaban J connectivity index is 1.42. The van der Waals surface area contributed by atoms with Gasteiger partial charge in [-0.05, 0) is 61.4 Å². The number of morpholine rings is 1. The normalized spacial score (nSPS) is 14.7. The van der Waals surface area contributed by atoms with Crippen LogP contribution in [0.3, 0.4) is 0 Å². The van der Waals surface area contributed by atoms with Gasteiger partial charge in [-0.15, -0.1) is 0 Å². The number of ether oxygens (including phenoxy) is 1. The number of anilines is 2. The first kappa shape index (κ1) is 26.6. The van der Waals surface area contributed by atoms with Gasteiger partial charge in [-0.25, -0.2) is 8.42 Å². The number of fused-ring (bicyclic) bond motifs is 1. The molecule has 3 aromatic carbocycles. The van der Waals surface area contributed by atoms with Gasteiger partial charge >= 0.3 is 0 Å². The van der Waals surface area contributed by atoms with Gasteiger partial charge in [0.1, 0.15) is 6.04 Å². The number of carbonyl (C=O) groups is 2. The first-order valence-corrected chi connectivity index (χ1v) is 14.2. The largest absolute Gasteiger partial charge is 0.378 e. The van der Waals surface area contributed by atoms with Crippen molar-refractivity contribution in [1.29, 1.82) is 0 Å². The van der Waals surface area contributed by atoms with Crippen LogP contribution in [-0.2, 0) is 30.8 Å². The summed E-state index contributed by atoms with van der Waals surface area (Å²) in [6.45, 7) is 4.79. The molecule has 1 aliphatic rings. The molecule has 1 fully saturated rings. The maximum atomic E-state index is 13.5. The maximum absolute atomic E-state index is 13.5. The summed E-state index contributed by atoms with van der Waals surface area (Å²) < 4.78 is 36.0. The Morgan fingerprint density at radius 2 is 1.69 bits per heavy atom. The van der Waals surface area contributed by atoms with Gasteiger partial charge in [0.2, 0.25) is 22.3 Å².